The quantitative estimate of drug-likeness (QED) is 0.143. The van der Waals surface area contributed by atoms with Crippen molar-refractivity contribution in [1.29, 1.82) is 0 Å². The van der Waals surface area contributed by atoms with Crippen LogP contribution in [-0.4, -0.2) is 18.0 Å². The molecule has 12 aromatic rings. The molecule has 0 saturated heterocycles. The fraction of sp³-hybridized carbons (Fsp3) is 0. The maximum Gasteiger partial charge on any atom is 0.180 e. The summed E-state index contributed by atoms with van der Waals surface area (Å²) >= 11 is 0. The number of furan rings is 1. The first kappa shape index (κ1) is 39.6. The van der Waals surface area contributed by atoms with E-state index in [0.717, 1.165) is 83.4 Å². The lowest BCUT2D eigenvalue weighted by Crippen LogP contribution is -2.72. The average Bonchev–Trinajstić information content (AvgIpc) is 3.95. The maximum absolute atomic E-state index is 6.24. The number of aromatic nitrogens is 2. The normalized spacial score (nSPS) is 12.5. The first-order valence-electron chi connectivity index (χ1n) is 23.2. The van der Waals surface area contributed by atoms with E-state index in [1.54, 1.807) is 0 Å². The number of hydrogen-bond acceptors (Lipinski definition) is 3. The molecule has 3 nitrogen and oxygen atoms in total. The summed E-state index contributed by atoms with van der Waals surface area (Å²) in [5, 5.41) is 7.85. The average molecular weight is 883 g/mol. The van der Waals surface area contributed by atoms with Crippen LogP contribution in [0.3, 0.4) is 0 Å². The van der Waals surface area contributed by atoms with E-state index in [4.69, 9.17) is 14.4 Å². The highest BCUT2D eigenvalue weighted by atomic mass is 28.3. The van der Waals surface area contributed by atoms with Crippen LogP contribution in [0.2, 0.25) is 0 Å². The van der Waals surface area contributed by atoms with Crippen molar-refractivity contribution < 1.29 is 4.42 Å². The maximum atomic E-state index is 6.24. The molecule has 1 aliphatic heterocycles. The molecule has 318 valence electrons. The first-order chi connectivity index (χ1) is 33.7. The Hall–Kier alpha value is -8.70. The van der Waals surface area contributed by atoms with Gasteiger partial charge in [0.1, 0.15) is 11.2 Å². The van der Waals surface area contributed by atoms with E-state index in [2.05, 4.69) is 237 Å². The lowest BCUT2D eigenvalue weighted by Gasteiger charge is -2.31. The number of para-hydroxylation sites is 1. The van der Waals surface area contributed by atoms with Gasteiger partial charge in [-0.25, -0.2) is 9.97 Å². The highest BCUT2D eigenvalue weighted by Gasteiger charge is 2.48. The fourth-order valence-electron chi connectivity index (χ4n) is 10.7. The minimum absolute atomic E-state index is 0.676. The first-order valence-corrected chi connectivity index (χ1v) is 25.2. The Morgan fingerprint density at radius 2 is 0.779 bits per heavy atom. The van der Waals surface area contributed by atoms with Crippen LogP contribution in [-0.2, 0) is 0 Å². The number of hydrogen-bond donors (Lipinski definition) is 0. The van der Waals surface area contributed by atoms with Crippen LogP contribution >= 0.6 is 0 Å². The Bertz CT molecular complexity index is 3800. The van der Waals surface area contributed by atoms with Crippen molar-refractivity contribution in [1.82, 2.24) is 9.97 Å². The third kappa shape index (κ3) is 6.57. The zero-order valence-electron chi connectivity index (χ0n) is 37.1. The molecule has 3 heterocycles. The molecular formula is C64H42N2OSi. The zero-order chi connectivity index (χ0) is 45.0. The molecule has 0 spiro atoms. The lowest BCUT2D eigenvalue weighted by molar-refractivity contribution is 0.669. The molecule has 0 amide bonds. The fourth-order valence-corrected chi connectivity index (χ4v) is 15.8. The number of nitrogens with zero attached hydrogens (tertiary/aromatic N) is 2. The van der Waals surface area contributed by atoms with Crippen molar-refractivity contribution in [3.05, 3.63) is 255 Å². The van der Waals surface area contributed by atoms with E-state index in [-0.39, 0.29) is 0 Å². The van der Waals surface area contributed by atoms with Crippen LogP contribution in [0, 0.1) is 0 Å². The van der Waals surface area contributed by atoms with Gasteiger partial charge in [0.2, 0.25) is 0 Å². The smallest absolute Gasteiger partial charge is 0.180 e. The summed E-state index contributed by atoms with van der Waals surface area (Å²) < 4.78 is 6.24. The van der Waals surface area contributed by atoms with Crippen molar-refractivity contribution in [2.24, 2.45) is 0 Å². The minimum atomic E-state index is -2.62. The summed E-state index contributed by atoms with van der Waals surface area (Å²) in [6.45, 7) is 0. The molecule has 13 rings (SSSR count). The number of rotatable bonds is 8. The van der Waals surface area contributed by atoms with Crippen molar-refractivity contribution in [3.63, 3.8) is 0 Å². The van der Waals surface area contributed by atoms with Gasteiger partial charge in [0.15, 0.2) is 13.9 Å². The molecule has 10 aromatic carbocycles. The molecule has 0 aliphatic carbocycles. The van der Waals surface area contributed by atoms with Gasteiger partial charge in [-0.2, -0.15) is 0 Å². The summed E-state index contributed by atoms with van der Waals surface area (Å²) in [7, 11) is -2.62. The van der Waals surface area contributed by atoms with Crippen LogP contribution in [0.25, 0.3) is 100 Å². The highest BCUT2D eigenvalue weighted by molar-refractivity contribution is 7.22. The van der Waals surface area contributed by atoms with Gasteiger partial charge in [-0.1, -0.05) is 212 Å². The highest BCUT2D eigenvalue weighted by Crippen LogP contribution is 2.39. The Morgan fingerprint density at radius 3 is 1.49 bits per heavy atom. The van der Waals surface area contributed by atoms with E-state index < -0.39 is 8.07 Å². The van der Waals surface area contributed by atoms with Crippen molar-refractivity contribution >= 4 is 50.8 Å². The summed E-state index contributed by atoms with van der Waals surface area (Å²) in [6, 6.07) is 92.1. The van der Waals surface area contributed by atoms with E-state index in [1.165, 1.54) is 31.9 Å². The third-order valence-corrected chi connectivity index (χ3v) is 18.7. The summed E-state index contributed by atoms with van der Waals surface area (Å²) in [4.78, 5) is 10.7. The molecule has 0 fully saturated rings. The van der Waals surface area contributed by atoms with E-state index in [9.17, 15) is 0 Å². The van der Waals surface area contributed by atoms with Crippen molar-refractivity contribution in [3.8, 4) is 78.4 Å². The van der Waals surface area contributed by atoms with Gasteiger partial charge in [0.25, 0.3) is 0 Å². The van der Waals surface area contributed by atoms with E-state index >= 15 is 0 Å². The Balaban J connectivity index is 0.968. The largest absolute Gasteiger partial charge is 0.456 e. The van der Waals surface area contributed by atoms with Crippen LogP contribution in [0.5, 0.6) is 0 Å². The zero-order valence-corrected chi connectivity index (χ0v) is 38.1. The van der Waals surface area contributed by atoms with Crippen LogP contribution in [0.4, 0.5) is 0 Å². The number of benzene rings is 10. The second kappa shape index (κ2) is 16.3. The minimum Gasteiger partial charge on any atom is -0.456 e. The predicted octanol–water partition coefficient (Wildman–Crippen LogP) is 13.7. The number of fused-ring (bicyclic) bond motifs is 6. The molecule has 0 N–H and O–H groups in total. The summed E-state index contributed by atoms with van der Waals surface area (Å²) in [6.07, 6.45) is 0. The van der Waals surface area contributed by atoms with Gasteiger partial charge in [0.05, 0.1) is 11.4 Å². The molecule has 2 aromatic heterocycles. The molecule has 0 saturated carbocycles. The topological polar surface area (TPSA) is 38.9 Å². The molecule has 0 bridgehead atoms. The SMILES string of the molecule is c1ccc(-c2cc(-c3ccc4oc5ccccc5c4c3)cc(-c3cc(-c4ccccc4-c4ccc([Si]5(c6ccccc6)c6ccccc6-c6ccccc65)cc4)nc(-c4ccccc4)n3)c2)cc1. The van der Waals surface area contributed by atoms with Gasteiger partial charge < -0.3 is 4.42 Å². The molecule has 0 radical (unpaired) electrons. The summed E-state index contributed by atoms with van der Waals surface area (Å²) in [5.74, 6) is 0.676. The summed E-state index contributed by atoms with van der Waals surface area (Å²) in [5.41, 5.74) is 15.9. The molecule has 4 heteroatoms. The lowest BCUT2D eigenvalue weighted by atomic mass is 9.93. The van der Waals surface area contributed by atoms with Gasteiger partial charge in [-0.15, -0.1) is 0 Å². The Labute approximate surface area is 396 Å². The van der Waals surface area contributed by atoms with Gasteiger partial charge in [-0.3, -0.25) is 0 Å². The molecular weight excluding hydrogens is 841 g/mol. The second-order valence-corrected chi connectivity index (χ2v) is 21.4. The van der Waals surface area contributed by atoms with Crippen LogP contribution in [0.15, 0.2) is 259 Å². The van der Waals surface area contributed by atoms with Crippen molar-refractivity contribution in [2.75, 3.05) is 0 Å². The molecule has 1 aliphatic rings. The Kier molecular flexibility index (Phi) is 9.51. The predicted molar refractivity (Wildman–Crippen MR) is 285 cm³/mol. The molecule has 0 unspecified atom stereocenters. The monoisotopic (exact) mass is 882 g/mol. The molecule has 68 heavy (non-hydrogen) atoms. The van der Waals surface area contributed by atoms with Crippen molar-refractivity contribution in [2.45, 2.75) is 0 Å². The second-order valence-electron chi connectivity index (χ2n) is 17.6. The van der Waals surface area contributed by atoms with Crippen LogP contribution in [0.1, 0.15) is 0 Å². The van der Waals surface area contributed by atoms with E-state index in [1.807, 2.05) is 18.2 Å². The van der Waals surface area contributed by atoms with Gasteiger partial charge in [0, 0.05) is 27.5 Å². The van der Waals surface area contributed by atoms with Gasteiger partial charge >= 0.3 is 0 Å². The third-order valence-electron chi connectivity index (χ3n) is 13.8. The standard InChI is InChI=1S/C64H42N2OSi/c1-4-18-43(19-5-1)47-38-48(46-34-37-61-57(41-46)54-26-12-15-29-60(54)67-61)40-49(39-47)58-42-59(66-64(65-58)45-20-6-2-7-21-45)53-25-11-10-24-52(53)44-32-35-51(36-33-44)68(50-22-8-3-9-23-50)62-30-16-13-27-55(62)56-28-14-17-31-63(56)68/h1-42H. The van der Waals surface area contributed by atoms with Crippen LogP contribution < -0.4 is 20.7 Å². The molecule has 0 atom stereocenters. The Morgan fingerprint density at radius 1 is 0.279 bits per heavy atom. The van der Waals surface area contributed by atoms with E-state index in [0.29, 0.717) is 5.82 Å². The van der Waals surface area contributed by atoms with Gasteiger partial charge in [-0.05, 0) is 108 Å².